The lowest BCUT2D eigenvalue weighted by Crippen LogP contribution is -2.21. The molecule has 0 spiro atoms. The Morgan fingerprint density at radius 3 is 2.43 bits per heavy atom. The molecule has 1 heterocycles. The molecule has 0 aromatic heterocycles. The minimum Gasteiger partial charge on any atom is -0.489 e. The Kier molecular flexibility index (Phi) is 8.58. The molecule has 0 radical (unpaired) electrons. The Labute approximate surface area is 253 Å². The molecule has 9 heteroatoms. The van der Waals surface area contributed by atoms with Gasteiger partial charge in [-0.25, -0.2) is 4.79 Å². The number of halogens is 2. The normalized spacial score (nSPS) is 13.9. The van der Waals surface area contributed by atoms with Gasteiger partial charge in [0.25, 0.3) is 0 Å². The van der Waals surface area contributed by atoms with Gasteiger partial charge in [-0.1, -0.05) is 59.6 Å². The molecule has 5 rings (SSSR count). The SMILES string of the molecule is Cc1cc(OCC(=O)Oc2ccc3c(c2)OC(N)=C(C#N)C3c2cccc(OCc3ccccc3Cl)c2)cc(C)c1Cl. The molecule has 4 aromatic rings. The third-order valence-corrected chi connectivity index (χ3v) is 7.70. The topological polar surface area (TPSA) is 104 Å². The van der Waals surface area contributed by atoms with E-state index in [0.29, 0.717) is 32.9 Å². The highest BCUT2D eigenvalue weighted by Gasteiger charge is 2.31. The van der Waals surface area contributed by atoms with Crippen LogP contribution in [-0.2, 0) is 11.4 Å². The zero-order valence-corrected chi connectivity index (χ0v) is 24.3. The Balaban J connectivity index is 1.33. The molecule has 1 aliphatic rings. The number of esters is 1. The van der Waals surface area contributed by atoms with Gasteiger partial charge in [-0.15, -0.1) is 0 Å². The maximum atomic E-state index is 12.5. The summed E-state index contributed by atoms with van der Waals surface area (Å²) in [6.07, 6.45) is 0. The van der Waals surface area contributed by atoms with Crippen molar-refractivity contribution in [1.29, 1.82) is 5.26 Å². The zero-order chi connectivity index (χ0) is 29.8. The molecule has 2 N–H and O–H groups in total. The van der Waals surface area contributed by atoms with E-state index >= 15 is 0 Å². The van der Waals surface area contributed by atoms with E-state index in [4.69, 9.17) is 47.9 Å². The number of fused-ring (bicyclic) bond motifs is 1. The second-order valence-electron chi connectivity index (χ2n) is 9.71. The van der Waals surface area contributed by atoms with Crippen molar-refractivity contribution < 1.29 is 23.7 Å². The number of nitrogens with zero attached hydrogens (tertiary/aromatic N) is 1. The molecule has 7 nitrogen and oxygen atoms in total. The fourth-order valence-corrected chi connectivity index (χ4v) is 4.99. The van der Waals surface area contributed by atoms with E-state index < -0.39 is 11.9 Å². The third-order valence-electron chi connectivity index (χ3n) is 6.73. The summed E-state index contributed by atoms with van der Waals surface area (Å²) in [7, 11) is 0. The van der Waals surface area contributed by atoms with E-state index in [1.165, 1.54) is 0 Å². The summed E-state index contributed by atoms with van der Waals surface area (Å²) < 4.78 is 22.9. The lowest BCUT2D eigenvalue weighted by molar-refractivity contribution is -0.136. The van der Waals surface area contributed by atoms with Crippen LogP contribution >= 0.6 is 23.2 Å². The van der Waals surface area contributed by atoms with Crippen LogP contribution in [0.4, 0.5) is 0 Å². The highest BCUT2D eigenvalue weighted by Crippen LogP contribution is 2.44. The molecule has 1 aliphatic heterocycles. The van der Waals surface area contributed by atoms with Crippen LogP contribution in [0.2, 0.25) is 10.0 Å². The molecule has 0 fully saturated rings. The van der Waals surface area contributed by atoms with Gasteiger partial charge in [-0.3, -0.25) is 0 Å². The number of carbonyl (C=O) groups is 1. The highest BCUT2D eigenvalue weighted by atomic mass is 35.5. The molecule has 1 atom stereocenters. The summed E-state index contributed by atoms with van der Waals surface area (Å²) in [6, 6.07) is 25.5. The lowest BCUT2D eigenvalue weighted by atomic mass is 9.83. The summed E-state index contributed by atoms with van der Waals surface area (Å²) in [5.74, 6) is 0.585. The number of benzene rings is 4. The summed E-state index contributed by atoms with van der Waals surface area (Å²) in [5, 5.41) is 11.2. The van der Waals surface area contributed by atoms with Crippen LogP contribution in [0, 0.1) is 25.2 Å². The molecular weight excluding hydrogens is 575 g/mol. The van der Waals surface area contributed by atoms with E-state index in [1.807, 2.05) is 62.4 Å². The lowest BCUT2D eigenvalue weighted by Gasteiger charge is -2.27. The molecule has 4 aromatic carbocycles. The maximum absolute atomic E-state index is 12.5. The van der Waals surface area contributed by atoms with Crippen molar-refractivity contribution in [1.82, 2.24) is 0 Å². The predicted molar refractivity (Wildman–Crippen MR) is 160 cm³/mol. The second kappa shape index (κ2) is 12.5. The summed E-state index contributed by atoms with van der Waals surface area (Å²) in [4.78, 5) is 12.5. The van der Waals surface area contributed by atoms with Crippen LogP contribution in [0.15, 0.2) is 90.3 Å². The average molecular weight is 601 g/mol. The number of nitriles is 1. The Morgan fingerprint density at radius 1 is 0.929 bits per heavy atom. The number of carbonyl (C=O) groups excluding carboxylic acids is 1. The van der Waals surface area contributed by atoms with Crippen molar-refractivity contribution in [3.63, 3.8) is 0 Å². The van der Waals surface area contributed by atoms with Crippen LogP contribution in [0.3, 0.4) is 0 Å². The smallest absolute Gasteiger partial charge is 0.349 e. The number of hydrogen-bond acceptors (Lipinski definition) is 7. The van der Waals surface area contributed by atoms with Crippen LogP contribution in [0.1, 0.15) is 33.7 Å². The maximum Gasteiger partial charge on any atom is 0.349 e. The van der Waals surface area contributed by atoms with E-state index in [0.717, 1.165) is 22.3 Å². The summed E-state index contributed by atoms with van der Waals surface area (Å²) in [5.41, 5.74) is 10.5. The van der Waals surface area contributed by atoms with Crippen molar-refractivity contribution in [3.8, 4) is 29.1 Å². The molecule has 212 valence electrons. The molecule has 0 saturated heterocycles. The van der Waals surface area contributed by atoms with Crippen LogP contribution in [-0.4, -0.2) is 12.6 Å². The molecule has 0 aliphatic carbocycles. The van der Waals surface area contributed by atoms with Gasteiger partial charge in [0, 0.05) is 27.2 Å². The van der Waals surface area contributed by atoms with Gasteiger partial charge in [0.15, 0.2) is 6.61 Å². The number of nitrogens with two attached hydrogens (primary N) is 1. The Morgan fingerprint density at radius 2 is 1.69 bits per heavy atom. The summed E-state index contributed by atoms with van der Waals surface area (Å²) >= 11 is 12.5. The van der Waals surface area contributed by atoms with Gasteiger partial charge < -0.3 is 24.7 Å². The molecular formula is C33H26Cl2N2O5. The highest BCUT2D eigenvalue weighted by molar-refractivity contribution is 6.32. The summed E-state index contributed by atoms with van der Waals surface area (Å²) in [6.45, 7) is 3.71. The minimum atomic E-state index is -0.600. The van der Waals surface area contributed by atoms with Crippen molar-refractivity contribution in [2.75, 3.05) is 6.61 Å². The quantitative estimate of drug-likeness (QED) is 0.166. The first kappa shape index (κ1) is 28.9. The second-order valence-corrected chi connectivity index (χ2v) is 10.5. The predicted octanol–water partition coefficient (Wildman–Crippen LogP) is 7.39. The van der Waals surface area contributed by atoms with Gasteiger partial charge in [-0.2, -0.15) is 5.26 Å². The first-order valence-electron chi connectivity index (χ1n) is 13.0. The molecule has 0 saturated carbocycles. The number of aryl methyl sites for hydroxylation is 2. The van der Waals surface area contributed by atoms with Gasteiger partial charge in [-0.05, 0) is 66.9 Å². The number of hydrogen-bond donors (Lipinski definition) is 1. The van der Waals surface area contributed by atoms with Crippen molar-refractivity contribution >= 4 is 29.2 Å². The van der Waals surface area contributed by atoms with Gasteiger partial charge >= 0.3 is 5.97 Å². The van der Waals surface area contributed by atoms with Crippen LogP contribution in [0.25, 0.3) is 0 Å². The largest absolute Gasteiger partial charge is 0.489 e. The van der Waals surface area contributed by atoms with E-state index in [9.17, 15) is 10.1 Å². The Bertz CT molecular complexity index is 1720. The van der Waals surface area contributed by atoms with Gasteiger partial charge in [0.2, 0.25) is 5.88 Å². The standard InChI is InChI=1S/C33H26Cl2N2O5/c1-19-12-25(13-20(2)32(19)35)40-18-30(38)41-24-10-11-26-29(15-24)42-33(37)27(16-36)31(26)21-7-5-8-23(14-21)39-17-22-6-3-4-9-28(22)34/h3-15,31H,17-18,37H2,1-2H3. The van der Waals surface area contributed by atoms with Crippen molar-refractivity contribution in [3.05, 3.63) is 128 Å². The fourth-order valence-electron chi connectivity index (χ4n) is 4.70. The zero-order valence-electron chi connectivity index (χ0n) is 22.8. The first-order valence-corrected chi connectivity index (χ1v) is 13.8. The first-order chi connectivity index (χ1) is 20.2. The Hall–Kier alpha value is -4.64. The van der Waals surface area contributed by atoms with E-state index in [1.54, 1.807) is 30.3 Å². The number of ether oxygens (including phenoxy) is 4. The van der Waals surface area contributed by atoms with Crippen LogP contribution in [0.5, 0.6) is 23.0 Å². The average Bonchev–Trinajstić information content (AvgIpc) is 2.97. The van der Waals surface area contributed by atoms with Crippen LogP contribution < -0.4 is 24.7 Å². The molecule has 1 unspecified atom stereocenters. The van der Waals surface area contributed by atoms with Gasteiger partial charge in [0.1, 0.15) is 41.2 Å². The fraction of sp³-hybridized carbons (Fsp3) is 0.152. The van der Waals surface area contributed by atoms with Crippen molar-refractivity contribution in [2.24, 2.45) is 5.73 Å². The minimum absolute atomic E-state index is 0.0299. The molecule has 0 bridgehead atoms. The van der Waals surface area contributed by atoms with Crippen molar-refractivity contribution in [2.45, 2.75) is 26.4 Å². The van der Waals surface area contributed by atoms with E-state index in [-0.39, 0.29) is 30.4 Å². The molecule has 0 amide bonds. The number of allylic oxidation sites excluding steroid dienone is 1. The monoisotopic (exact) mass is 600 g/mol. The van der Waals surface area contributed by atoms with Gasteiger partial charge in [0.05, 0.1) is 5.92 Å². The van der Waals surface area contributed by atoms with E-state index in [2.05, 4.69) is 6.07 Å². The third kappa shape index (κ3) is 6.31. The number of rotatable bonds is 8. The molecule has 42 heavy (non-hydrogen) atoms.